The molecule has 1 fully saturated rings. The number of allylic oxidation sites excluding steroid dienone is 3. The molecule has 38 heavy (non-hydrogen) atoms. The van der Waals surface area contributed by atoms with Gasteiger partial charge in [0.15, 0.2) is 11.5 Å². The van der Waals surface area contributed by atoms with Crippen molar-refractivity contribution in [3.05, 3.63) is 94.9 Å². The highest BCUT2D eigenvalue weighted by Crippen LogP contribution is 2.61. The normalized spacial score (nSPS) is 26.8. The van der Waals surface area contributed by atoms with Crippen molar-refractivity contribution in [2.45, 2.75) is 44.7 Å². The first kappa shape index (κ1) is 23.4. The zero-order valence-electron chi connectivity index (χ0n) is 20.7. The smallest absolute Gasteiger partial charge is 0.392 e. The second-order valence-corrected chi connectivity index (χ2v) is 10.9. The highest BCUT2D eigenvalue weighted by atomic mass is 19.4. The number of rotatable bonds is 2. The predicted octanol–water partition coefficient (Wildman–Crippen LogP) is 7.80. The first-order chi connectivity index (χ1) is 18.2. The minimum absolute atomic E-state index is 0.0940. The van der Waals surface area contributed by atoms with Crippen LogP contribution in [0.15, 0.2) is 76.4 Å². The monoisotopic (exact) mass is 519 g/mol. The van der Waals surface area contributed by atoms with Gasteiger partial charge in [-0.25, -0.2) is 14.1 Å². The minimum Gasteiger partial charge on any atom is -0.440 e. The predicted molar refractivity (Wildman–Crippen MR) is 135 cm³/mol. The van der Waals surface area contributed by atoms with Crippen LogP contribution < -0.4 is 0 Å². The Morgan fingerprint density at radius 1 is 1.08 bits per heavy atom. The molecule has 4 aromatic rings. The fourth-order valence-corrected chi connectivity index (χ4v) is 6.94. The van der Waals surface area contributed by atoms with Gasteiger partial charge in [-0.1, -0.05) is 36.3 Å². The van der Waals surface area contributed by atoms with Gasteiger partial charge in [0.05, 0.1) is 29.4 Å². The van der Waals surface area contributed by atoms with E-state index in [9.17, 15) is 17.6 Å². The maximum Gasteiger partial charge on any atom is 0.392 e. The van der Waals surface area contributed by atoms with Crippen LogP contribution in [-0.4, -0.2) is 20.9 Å². The highest BCUT2D eigenvalue weighted by Gasteiger charge is 2.56. The Labute approximate surface area is 216 Å². The zero-order valence-corrected chi connectivity index (χ0v) is 20.7. The van der Waals surface area contributed by atoms with Crippen molar-refractivity contribution in [2.75, 3.05) is 0 Å². The number of hydrogen-bond acceptors (Lipinski definition) is 3. The summed E-state index contributed by atoms with van der Waals surface area (Å²) in [6.45, 7) is 2.14. The van der Waals surface area contributed by atoms with E-state index in [-0.39, 0.29) is 24.0 Å². The summed E-state index contributed by atoms with van der Waals surface area (Å²) in [5.74, 6) is -2.86. The lowest BCUT2D eigenvalue weighted by Crippen LogP contribution is -2.44. The first-order valence-electron chi connectivity index (χ1n) is 12.9. The van der Waals surface area contributed by atoms with E-state index < -0.39 is 23.4 Å². The van der Waals surface area contributed by atoms with Gasteiger partial charge < -0.3 is 4.42 Å². The Hall–Kier alpha value is -3.68. The molecule has 3 aliphatic rings. The number of hydrogen-bond donors (Lipinski definition) is 0. The molecule has 3 aliphatic carbocycles. The molecule has 2 aromatic carbocycles. The van der Waals surface area contributed by atoms with E-state index in [1.807, 2.05) is 23.0 Å². The van der Waals surface area contributed by atoms with Gasteiger partial charge in [0.2, 0.25) is 0 Å². The lowest BCUT2D eigenvalue weighted by atomic mass is 9.54. The summed E-state index contributed by atoms with van der Waals surface area (Å²) in [4.78, 5) is 4.55. The van der Waals surface area contributed by atoms with Crippen LogP contribution in [0.3, 0.4) is 0 Å². The molecule has 7 rings (SSSR count). The fourth-order valence-electron chi connectivity index (χ4n) is 6.94. The van der Waals surface area contributed by atoms with Crippen LogP contribution in [0.1, 0.15) is 49.3 Å². The third-order valence-electron chi connectivity index (χ3n) is 8.76. The van der Waals surface area contributed by atoms with Gasteiger partial charge in [0, 0.05) is 5.41 Å². The van der Waals surface area contributed by atoms with E-state index in [0.29, 0.717) is 30.4 Å². The van der Waals surface area contributed by atoms with E-state index >= 15 is 0 Å². The Bertz CT molecular complexity index is 1580. The molecule has 0 amide bonds. The Balaban J connectivity index is 1.30. The quantitative estimate of drug-likeness (QED) is 0.200. The molecule has 0 bridgehead atoms. The van der Waals surface area contributed by atoms with Crippen molar-refractivity contribution < 1.29 is 22.0 Å². The molecule has 8 heteroatoms. The lowest BCUT2D eigenvalue weighted by molar-refractivity contribution is -0.187. The number of halogens is 4. The molecule has 0 unspecified atom stereocenters. The standard InChI is InChI=1S/C30H25F4N3O/c1-29-15-17-16-35-37(20-9-7-19(31)8-10-20)25(17)14-18(29)6-11-21-22(29)12-13-23(30(32,33)34)27(21)28-36-24-4-2-3-5-26(24)38-28/h2-5,7-10,12,14,16,21,23,27H,6,11,13,15H2,1H3/t21-,23+,27+,29-/m0/s1. The van der Waals surface area contributed by atoms with Crippen molar-refractivity contribution in [3.8, 4) is 5.69 Å². The molecule has 2 heterocycles. The number of para-hydroxylation sites is 2. The number of fused-ring (bicyclic) bond motifs is 5. The van der Waals surface area contributed by atoms with Crippen LogP contribution >= 0.6 is 0 Å². The van der Waals surface area contributed by atoms with Crippen LogP contribution in [0.5, 0.6) is 0 Å². The van der Waals surface area contributed by atoms with Crippen LogP contribution in [-0.2, 0) is 6.42 Å². The third-order valence-corrected chi connectivity index (χ3v) is 8.76. The van der Waals surface area contributed by atoms with Crippen molar-refractivity contribution >= 4 is 17.2 Å². The molecule has 0 N–H and O–H groups in total. The van der Waals surface area contributed by atoms with Crippen molar-refractivity contribution in [1.82, 2.24) is 14.8 Å². The fraction of sp³-hybridized carbons (Fsp3) is 0.333. The molecular formula is C30H25F4N3O. The summed E-state index contributed by atoms with van der Waals surface area (Å²) in [6.07, 6.45) is 3.25. The van der Waals surface area contributed by atoms with Crippen molar-refractivity contribution in [2.24, 2.45) is 17.3 Å². The summed E-state index contributed by atoms with van der Waals surface area (Å²) in [5.41, 5.74) is 5.66. The van der Waals surface area contributed by atoms with Crippen molar-refractivity contribution in [3.63, 3.8) is 0 Å². The van der Waals surface area contributed by atoms with Gasteiger partial charge in [-0.3, -0.25) is 0 Å². The first-order valence-corrected chi connectivity index (χ1v) is 12.9. The summed E-state index contributed by atoms with van der Waals surface area (Å²) in [6, 6.07) is 13.3. The summed E-state index contributed by atoms with van der Waals surface area (Å²) in [7, 11) is 0. The molecule has 4 atom stereocenters. The number of oxazole rings is 1. The summed E-state index contributed by atoms with van der Waals surface area (Å²) < 4.78 is 64.4. The largest absolute Gasteiger partial charge is 0.440 e. The van der Waals surface area contributed by atoms with E-state index in [1.165, 1.54) is 17.7 Å². The molecular weight excluding hydrogens is 494 g/mol. The Morgan fingerprint density at radius 2 is 1.87 bits per heavy atom. The molecule has 0 saturated heterocycles. The topological polar surface area (TPSA) is 43.9 Å². The second kappa shape index (κ2) is 8.16. The minimum atomic E-state index is -4.36. The van der Waals surface area contributed by atoms with Gasteiger partial charge in [-0.15, -0.1) is 0 Å². The maximum absolute atomic E-state index is 14.4. The molecule has 0 radical (unpaired) electrons. The number of nitrogens with zero attached hydrogens (tertiary/aromatic N) is 3. The van der Waals surface area contributed by atoms with Gasteiger partial charge in [0.1, 0.15) is 11.3 Å². The molecule has 1 saturated carbocycles. The van der Waals surface area contributed by atoms with E-state index in [2.05, 4.69) is 23.1 Å². The highest BCUT2D eigenvalue weighted by molar-refractivity contribution is 5.72. The van der Waals surface area contributed by atoms with Gasteiger partial charge in [0.25, 0.3) is 0 Å². The van der Waals surface area contributed by atoms with E-state index in [1.54, 1.807) is 30.3 Å². The maximum atomic E-state index is 14.4. The molecule has 2 aromatic heterocycles. The average molecular weight is 520 g/mol. The van der Waals surface area contributed by atoms with E-state index in [4.69, 9.17) is 4.42 Å². The SMILES string of the molecule is C[C@]12Cc3cnn(-c4ccc(F)cc4)c3C=C1CC[C@H]1C2=CC[C@@H](C(F)(F)F)[C@@H]1c1nc2ccccc2o1. The molecule has 194 valence electrons. The number of alkyl halides is 3. The second-order valence-electron chi connectivity index (χ2n) is 10.9. The number of benzene rings is 2. The third kappa shape index (κ3) is 3.49. The van der Waals surface area contributed by atoms with E-state index in [0.717, 1.165) is 22.5 Å². The molecule has 0 aliphatic heterocycles. The Kier molecular flexibility index (Phi) is 5.03. The Morgan fingerprint density at radius 3 is 2.63 bits per heavy atom. The molecule has 0 spiro atoms. The molecule has 4 nitrogen and oxygen atoms in total. The van der Waals surface area contributed by atoms with Crippen LogP contribution in [0.2, 0.25) is 0 Å². The van der Waals surface area contributed by atoms with Crippen LogP contribution in [0.25, 0.3) is 22.9 Å². The lowest BCUT2D eigenvalue weighted by Gasteiger charge is -2.50. The van der Waals surface area contributed by atoms with Gasteiger partial charge >= 0.3 is 6.18 Å². The van der Waals surface area contributed by atoms with Gasteiger partial charge in [-0.2, -0.15) is 18.3 Å². The average Bonchev–Trinajstić information content (AvgIpc) is 3.50. The summed E-state index contributed by atoms with van der Waals surface area (Å²) in [5, 5.41) is 4.58. The number of aromatic nitrogens is 3. The zero-order chi connectivity index (χ0) is 26.2. The van der Waals surface area contributed by atoms with Gasteiger partial charge in [-0.05, 0) is 79.6 Å². The van der Waals surface area contributed by atoms with Crippen LogP contribution in [0, 0.1) is 23.1 Å². The van der Waals surface area contributed by atoms with Crippen molar-refractivity contribution in [1.29, 1.82) is 0 Å². The summed E-state index contributed by atoms with van der Waals surface area (Å²) >= 11 is 0. The van der Waals surface area contributed by atoms with Crippen LogP contribution in [0.4, 0.5) is 17.6 Å².